The average Bonchev–Trinajstić information content (AvgIpc) is 2.83. The lowest BCUT2D eigenvalue weighted by Gasteiger charge is -2.25. The molecule has 1 amide bonds. The van der Waals surface area contributed by atoms with Gasteiger partial charge in [-0.2, -0.15) is 0 Å². The van der Waals surface area contributed by atoms with Gasteiger partial charge in [0.15, 0.2) is 0 Å². The summed E-state index contributed by atoms with van der Waals surface area (Å²) in [7, 11) is 0. The smallest absolute Gasteiger partial charge is 0.259 e. The minimum atomic E-state index is -0.428. The largest absolute Gasteiger partial charge is 0.507 e. The molecular weight excluding hydrogens is 292 g/mol. The van der Waals surface area contributed by atoms with Crippen molar-refractivity contribution in [3.8, 4) is 5.75 Å². The normalized spacial score (nSPS) is 19.7. The maximum atomic E-state index is 12.7. The number of benzene rings is 1. The van der Waals surface area contributed by atoms with Gasteiger partial charge in [0, 0.05) is 31.3 Å². The standard InChI is InChI=1S/C18H20N2O3/c1-18(2)11-20(10-14(18)12-6-4-3-5-7-12)17(23)13-9-19-16(22)8-15(13)21/h3-9,14H,10-11H2,1-2H3,(H2,19,21,22)/t14-/m1/s1. The molecule has 0 spiro atoms. The van der Waals surface area contributed by atoms with E-state index in [9.17, 15) is 14.7 Å². The highest BCUT2D eigenvalue weighted by molar-refractivity contribution is 5.96. The quantitative estimate of drug-likeness (QED) is 0.894. The van der Waals surface area contributed by atoms with Gasteiger partial charge in [-0.15, -0.1) is 0 Å². The van der Waals surface area contributed by atoms with Crippen molar-refractivity contribution in [2.45, 2.75) is 19.8 Å². The summed E-state index contributed by atoms with van der Waals surface area (Å²) in [4.78, 5) is 28.1. The zero-order valence-electron chi connectivity index (χ0n) is 13.2. The number of amides is 1. The number of carbonyl (C=O) groups excluding carboxylic acids is 1. The van der Waals surface area contributed by atoms with Crippen LogP contribution in [0.3, 0.4) is 0 Å². The van der Waals surface area contributed by atoms with Crippen LogP contribution in [0.25, 0.3) is 0 Å². The van der Waals surface area contributed by atoms with E-state index in [0.717, 1.165) is 6.07 Å². The molecule has 2 aromatic rings. The molecule has 0 saturated carbocycles. The van der Waals surface area contributed by atoms with Crippen LogP contribution in [0.1, 0.15) is 35.7 Å². The number of nitrogens with zero attached hydrogens (tertiary/aromatic N) is 1. The van der Waals surface area contributed by atoms with Crippen molar-refractivity contribution in [1.29, 1.82) is 0 Å². The second-order valence-corrected chi connectivity index (χ2v) is 6.73. The summed E-state index contributed by atoms with van der Waals surface area (Å²) in [6, 6.07) is 11.2. The van der Waals surface area contributed by atoms with E-state index in [2.05, 4.69) is 31.0 Å². The Balaban J connectivity index is 1.88. The summed E-state index contributed by atoms with van der Waals surface area (Å²) < 4.78 is 0. The SMILES string of the molecule is CC1(C)CN(C(=O)c2c[nH]c(=O)cc2O)C[C@@H]1c1ccccc1. The second-order valence-electron chi connectivity index (χ2n) is 6.73. The molecule has 1 saturated heterocycles. The Kier molecular flexibility index (Phi) is 3.72. The molecule has 5 heteroatoms. The van der Waals surface area contributed by atoms with Gasteiger partial charge < -0.3 is 15.0 Å². The number of aromatic amines is 1. The molecule has 1 aromatic carbocycles. The van der Waals surface area contributed by atoms with E-state index in [4.69, 9.17) is 0 Å². The molecule has 1 aliphatic heterocycles. The number of hydrogen-bond donors (Lipinski definition) is 2. The maximum Gasteiger partial charge on any atom is 0.259 e. The summed E-state index contributed by atoms with van der Waals surface area (Å²) in [6.45, 7) is 5.48. The molecule has 0 unspecified atom stereocenters. The van der Waals surface area contributed by atoms with Crippen molar-refractivity contribution in [2.24, 2.45) is 5.41 Å². The van der Waals surface area contributed by atoms with Gasteiger partial charge in [0.05, 0.1) is 5.56 Å². The Morgan fingerprint density at radius 1 is 1.30 bits per heavy atom. The fourth-order valence-corrected chi connectivity index (χ4v) is 3.33. The molecule has 1 atom stereocenters. The van der Waals surface area contributed by atoms with Crippen LogP contribution in [-0.4, -0.2) is 34.0 Å². The fraction of sp³-hybridized carbons (Fsp3) is 0.333. The van der Waals surface area contributed by atoms with Crippen LogP contribution in [0.15, 0.2) is 47.4 Å². The van der Waals surface area contributed by atoms with Crippen molar-refractivity contribution >= 4 is 5.91 Å². The third-order valence-corrected chi connectivity index (χ3v) is 4.57. The molecular formula is C18H20N2O3. The van der Waals surface area contributed by atoms with E-state index in [-0.39, 0.29) is 28.6 Å². The van der Waals surface area contributed by atoms with Gasteiger partial charge in [-0.3, -0.25) is 9.59 Å². The van der Waals surface area contributed by atoms with Crippen molar-refractivity contribution in [3.63, 3.8) is 0 Å². The van der Waals surface area contributed by atoms with Crippen LogP contribution < -0.4 is 5.56 Å². The van der Waals surface area contributed by atoms with E-state index >= 15 is 0 Å². The molecule has 0 radical (unpaired) electrons. The van der Waals surface area contributed by atoms with Gasteiger partial charge in [0.25, 0.3) is 11.5 Å². The van der Waals surface area contributed by atoms with Gasteiger partial charge in [0.2, 0.25) is 0 Å². The average molecular weight is 312 g/mol. The lowest BCUT2D eigenvalue weighted by atomic mass is 9.78. The first-order valence-corrected chi connectivity index (χ1v) is 7.64. The van der Waals surface area contributed by atoms with E-state index < -0.39 is 5.56 Å². The van der Waals surface area contributed by atoms with Crippen molar-refractivity contribution in [2.75, 3.05) is 13.1 Å². The third kappa shape index (κ3) is 2.86. The van der Waals surface area contributed by atoms with Gasteiger partial charge >= 0.3 is 0 Å². The van der Waals surface area contributed by atoms with Crippen LogP contribution in [0.4, 0.5) is 0 Å². The monoisotopic (exact) mass is 312 g/mol. The molecule has 2 heterocycles. The van der Waals surface area contributed by atoms with Gasteiger partial charge in [-0.1, -0.05) is 44.2 Å². The van der Waals surface area contributed by atoms with E-state index in [1.807, 2.05) is 18.2 Å². The fourth-order valence-electron chi connectivity index (χ4n) is 3.33. The predicted molar refractivity (Wildman–Crippen MR) is 87.6 cm³/mol. The minimum Gasteiger partial charge on any atom is -0.507 e. The lowest BCUT2D eigenvalue weighted by Crippen LogP contribution is -2.30. The molecule has 23 heavy (non-hydrogen) atoms. The maximum absolute atomic E-state index is 12.7. The highest BCUT2D eigenvalue weighted by Crippen LogP contribution is 2.42. The van der Waals surface area contributed by atoms with E-state index in [1.165, 1.54) is 11.8 Å². The lowest BCUT2D eigenvalue weighted by molar-refractivity contribution is 0.0774. The molecule has 120 valence electrons. The molecule has 3 rings (SSSR count). The number of H-pyrrole nitrogens is 1. The minimum absolute atomic E-state index is 0.0607. The number of pyridine rings is 1. The Morgan fingerprint density at radius 3 is 2.65 bits per heavy atom. The van der Waals surface area contributed by atoms with Crippen LogP contribution >= 0.6 is 0 Å². The number of aromatic nitrogens is 1. The molecule has 1 aliphatic rings. The second kappa shape index (κ2) is 5.57. The summed E-state index contributed by atoms with van der Waals surface area (Å²) in [5.74, 6) is -0.303. The topological polar surface area (TPSA) is 73.4 Å². The zero-order chi connectivity index (χ0) is 16.6. The Labute approximate surface area is 134 Å². The number of rotatable bonds is 2. The first kappa shape index (κ1) is 15.3. The Bertz CT molecular complexity index is 780. The Hall–Kier alpha value is -2.56. The van der Waals surface area contributed by atoms with Crippen molar-refractivity contribution in [3.05, 3.63) is 64.1 Å². The predicted octanol–water partition coefficient (Wildman–Crippen LogP) is 2.35. The summed E-state index contributed by atoms with van der Waals surface area (Å²) >= 11 is 0. The van der Waals surface area contributed by atoms with Gasteiger partial charge in [-0.05, 0) is 11.0 Å². The molecule has 1 aromatic heterocycles. The van der Waals surface area contributed by atoms with Crippen LogP contribution in [0, 0.1) is 5.41 Å². The van der Waals surface area contributed by atoms with Crippen LogP contribution in [0.2, 0.25) is 0 Å². The first-order chi connectivity index (χ1) is 10.9. The van der Waals surface area contributed by atoms with Crippen LogP contribution in [-0.2, 0) is 0 Å². The highest BCUT2D eigenvalue weighted by atomic mass is 16.3. The van der Waals surface area contributed by atoms with Gasteiger partial charge in [0.1, 0.15) is 5.75 Å². The summed E-state index contributed by atoms with van der Waals surface area (Å²) in [6.07, 6.45) is 1.28. The highest BCUT2D eigenvalue weighted by Gasteiger charge is 2.42. The van der Waals surface area contributed by atoms with Crippen LogP contribution in [0.5, 0.6) is 5.75 Å². The number of aromatic hydroxyl groups is 1. The number of carbonyl (C=O) groups is 1. The molecule has 1 fully saturated rings. The van der Waals surface area contributed by atoms with Gasteiger partial charge in [-0.25, -0.2) is 0 Å². The summed E-state index contributed by atoms with van der Waals surface area (Å²) in [5.41, 5.74) is 0.852. The number of hydrogen-bond acceptors (Lipinski definition) is 3. The summed E-state index contributed by atoms with van der Waals surface area (Å²) in [5, 5.41) is 9.87. The number of likely N-dealkylation sites (tertiary alicyclic amines) is 1. The van der Waals surface area contributed by atoms with E-state index in [1.54, 1.807) is 4.90 Å². The molecule has 2 N–H and O–H groups in total. The molecule has 0 bridgehead atoms. The molecule has 5 nitrogen and oxygen atoms in total. The van der Waals surface area contributed by atoms with Crippen molar-refractivity contribution < 1.29 is 9.90 Å². The zero-order valence-corrected chi connectivity index (χ0v) is 13.2. The third-order valence-electron chi connectivity index (χ3n) is 4.57. The van der Waals surface area contributed by atoms with Crippen molar-refractivity contribution in [1.82, 2.24) is 9.88 Å². The number of nitrogens with one attached hydrogen (secondary N) is 1. The molecule has 0 aliphatic carbocycles. The Morgan fingerprint density at radius 2 is 2.00 bits per heavy atom. The van der Waals surface area contributed by atoms with E-state index in [0.29, 0.717) is 13.1 Å². The first-order valence-electron chi connectivity index (χ1n) is 7.64.